The van der Waals surface area contributed by atoms with E-state index in [4.69, 9.17) is 23.2 Å². The molecule has 2 fully saturated rings. The molecule has 20 heavy (non-hydrogen) atoms. The Morgan fingerprint density at radius 1 is 1.10 bits per heavy atom. The van der Waals surface area contributed by atoms with Gasteiger partial charge in [0, 0.05) is 12.8 Å². The molecular formula is C14H15Cl2N2O2+. The van der Waals surface area contributed by atoms with Gasteiger partial charge in [0.1, 0.15) is 0 Å². The van der Waals surface area contributed by atoms with Crippen LogP contribution in [0.3, 0.4) is 0 Å². The molecule has 0 aromatic heterocycles. The first kappa shape index (κ1) is 13.9. The quantitative estimate of drug-likeness (QED) is 0.836. The normalized spacial score (nSPS) is 23.9. The number of likely N-dealkylation sites (tertiary alicyclic amines) is 1. The van der Waals surface area contributed by atoms with Crippen LogP contribution in [0.4, 0.5) is 5.69 Å². The minimum Gasteiger partial charge on any atom is -0.324 e. The van der Waals surface area contributed by atoms with Crippen LogP contribution in [-0.4, -0.2) is 30.9 Å². The van der Waals surface area contributed by atoms with Gasteiger partial charge in [-0.2, -0.15) is 0 Å². The summed E-state index contributed by atoms with van der Waals surface area (Å²) < 4.78 is 0. The molecule has 3 rings (SSSR count). The Kier molecular flexibility index (Phi) is 3.71. The molecule has 2 heterocycles. The fourth-order valence-corrected chi connectivity index (χ4v) is 3.32. The summed E-state index contributed by atoms with van der Waals surface area (Å²) >= 11 is 11.8. The largest absolute Gasteiger partial charge is 0.324 e. The Balaban J connectivity index is 1.87. The molecule has 2 amide bonds. The highest BCUT2D eigenvalue weighted by Gasteiger charge is 2.46. The van der Waals surface area contributed by atoms with Crippen LogP contribution in [0.25, 0.3) is 0 Å². The zero-order valence-corrected chi connectivity index (χ0v) is 12.4. The highest BCUT2D eigenvalue weighted by atomic mass is 35.5. The van der Waals surface area contributed by atoms with E-state index in [-0.39, 0.29) is 24.3 Å². The summed E-state index contributed by atoms with van der Waals surface area (Å²) in [5.74, 6) is -0.275. The molecule has 0 spiro atoms. The number of carbonyl (C=O) groups excluding carboxylic acids is 2. The summed E-state index contributed by atoms with van der Waals surface area (Å²) in [6, 6.07) is 4.60. The van der Waals surface area contributed by atoms with Gasteiger partial charge in [-0.1, -0.05) is 23.2 Å². The minimum atomic E-state index is -0.237. The summed E-state index contributed by atoms with van der Waals surface area (Å²) in [6.45, 7) is 1.94. The average molecular weight is 314 g/mol. The number of benzene rings is 1. The monoisotopic (exact) mass is 313 g/mol. The number of rotatable bonds is 2. The van der Waals surface area contributed by atoms with E-state index in [0.717, 1.165) is 25.9 Å². The number of imide groups is 1. The lowest BCUT2D eigenvalue weighted by molar-refractivity contribution is -0.902. The fourth-order valence-electron chi connectivity index (χ4n) is 3.02. The summed E-state index contributed by atoms with van der Waals surface area (Å²) in [6.07, 6.45) is 2.54. The number of halogens is 2. The van der Waals surface area contributed by atoms with Crippen LogP contribution in [-0.2, 0) is 9.59 Å². The molecule has 1 N–H and O–H groups in total. The van der Waals surface area contributed by atoms with Crippen LogP contribution in [0.2, 0.25) is 10.0 Å². The Labute approximate surface area is 127 Å². The van der Waals surface area contributed by atoms with E-state index >= 15 is 0 Å². The van der Waals surface area contributed by atoms with Crippen molar-refractivity contribution in [2.75, 3.05) is 18.0 Å². The van der Waals surface area contributed by atoms with Crippen molar-refractivity contribution >= 4 is 40.7 Å². The number of nitrogens with zero attached hydrogens (tertiary/aromatic N) is 1. The predicted octanol–water partition coefficient (Wildman–Crippen LogP) is 1.30. The molecule has 0 saturated carbocycles. The van der Waals surface area contributed by atoms with Crippen LogP contribution >= 0.6 is 23.2 Å². The molecule has 2 aliphatic heterocycles. The van der Waals surface area contributed by atoms with Crippen LogP contribution in [0.5, 0.6) is 0 Å². The van der Waals surface area contributed by atoms with Gasteiger partial charge in [0.15, 0.2) is 6.04 Å². The first-order valence-electron chi connectivity index (χ1n) is 6.74. The Bertz CT molecular complexity index is 570. The summed E-state index contributed by atoms with van der Waals surface area (Å²) in [7, 11) is 0. The van der Waals surface area contributed by atoms with Crippen LogP contribution in [0, 0.1) is 0 Å². The number of quaternary nitrogens is 1. The maximum atomic E-state index is 12.5. The Morgan fingerprint density at radius 2 is 1.80 bits per heavy atom. The number of carbonyl (C=O) groups is 2. The predicted molar refractivity (Wildman–Crippen MR) is 77.3 cm³/mol. The molecule has 1 aromatic carbocycles. The van der Waals surface area contributed by atoms with Crippen molar-refractivity contribution in [1.29, 1.82) is 0 Å². The van der Waals surface area contributed by atoms with Crippen molar-refractivity contribution in [2.24, 2.45) is 0 Å². The molecule has 1 aromatic rings. The zero-order chi connectivity index (χ0) is 14.3. The molecule has 4 nitrogen and oxygen atoms in total. The van der Waals surface area contributed by atoms with E-state index < -0.39 is 0 Å². The maximum absolute atomic E-state index is 12.5. The van der Waals surface area contributed by atoms with Gasteiger partial charge in [0.05, 0.1) is 35.2 Å². The van der Waals surface area contributed by atoms with Gasteiger partial charge in [-0.25, -0.2) is 4.90 Å². The molecule has 0 aliphatic carbocycles. The lowest BCUT2D eigenvalue weighted by Crippen LogP contribution is -3.14. The summed E-state index contributed by atoms with van der Waals surface area (Å²) in [4.78, 5) is 27.1. The van der Waals surface area contributed by atoms with Gasteiger partial charge in [-0.05, 0) is 18.2 Å². The van der Waals surface area contributed by atoms with E-state index in [2.05, 4.69) is 0 Å². The SMILES string of the molecule is O=C1C[C@@H]([NH+]2CCCC2)C(=O)N1c1ccc(Cl)c(Cl)c1. The maximum Gasteiger partial charge on any atom is 0.292 e. The second-order valence-electron chi connectivity index (χ2n) is 5.29. The average Bonchev–Trinajstić information content (AvgIpc) is 3.02. The second-order valence-corrected chi connectivity index (χ2v) is 6.10. The van der Waals surface area contributed by atoms with Crippen molar-refractivity contribution in [1.82, 2.24) is 0 Å². The third-order valence-corrected chi connectivity index (χ3v) is 4.79. The van der Waals surface area contributed by atoms with Crippen LogP contribution in [0.1, 0.15) is 19.3 Å². The molecule has 0 radical (unpaired) electrons. The number of hydrogen-bond donors (Lipinski definition) is 1. The molecule has 2 saturated heterocycles. The third kappa shape index (κ3) is 2.32. The number of hydrogen-bond acceptors (Lipinski definition) is 2. The van der Waals surface area contributed by atoms with Crippen LogP contribution < -0.4 is 9.80 Å². The van der Waals surface area contributed by atoms with E-state index in [1.807, 2.05) is 0 Å². The summed E-state index contributed by atoms with van der Waals surface area (Å²) in [5.41, 5.74) is 0.510. The van der Waals surface area contributed by atoms with Gasteiger partial charge in [0.2, 0.25) is 5.91 Å². The standard InChI is InChI=1S/C14H14Cl2N2O2/c15-10-4-3-9(7-11(10)16)18-13(19)8-12(14(18)20)17-5-1-2-6-17/h3-4,7,12H,1-2,5-6,8H2/p+1/t12-/m1/s1. The van der Waals surface area contributed by atoms with Gasteiger partial charge < -0.3 is 4.90 Å². The lowest BCUT2D eigenvalue weighted by atomic mass is 10.2. The molecule has 6 heteroatoms. The van der Waals surface area contributed by atoms with Crippen molar-refractivity contribution in [3.05, 3.63) is 28.2 Å². The highest BCUT2D eigenvalue weighted by Crippen LogP contribution is 2.29. The fraction of sp³-hybridized carbons (Fsp3) is 0.429. The van der Waals surface area contributed by atoms with Crippen molar-refractivity contribution in [3.8, 4) is 0 Å². The van der Waals surface area contributed by atoms with Gasteiger partial charge >= 0.3 is 0 Å². The van der Waals surface area contributed by atoms with E-state index in [9.17, 15) is 9.59 Å². The van der Waals surface area contributed by atoms with E-state index in [1.165, 1.54) is 9.80 Å². The van der Waals surface area contributed by atoms with Gasteiger partial charge in [-0.15, -0.1) is 0 Å². The molecule has 0 bridgehead atoms. The molecule has 2 aliphatic rings. The van der Waals surface area contributed by atoms with Crippen LogP contribution in [0.15, 0.2) is 18.2 Å². The lowest BCUT2D eigenvalue weighted by Gasteiger charge is -2.19. The topological polar surface area (TPSA) is 41.8 Å². The second kappa shape index (κ2) is 5.35. The Morgan fingerprint density at radius 3 is 2.45 bits per heavy atom. The van der Waals surface area contributed by atoms with E-state index in [0.29, 0.717) is 15.7 Å². The summed E-state index contributed by atoms with van der Waals surface area (Å²) in [5, 5.41) is 0.762. The Hall–Kier alpha value is -1.10. The van der Waals surface area contributed by atoms with Crippen molar-refractivity contribution < 1.29 is 14.5 Å². The zero-order valence-electron chi connectivity index (χ0n) is 10.9. The number of amides is 2. The van der Waals surface area contributed by atoms with Gasteiger partial charge in [-0.3, -0.25) is 9.59 Å². The third-order valence-electron chi connectivity index (χ3n) is 4.05. The molecular weight excluding hydrogens is 299 g/mol. The van der Waals surface area contributed by atoms with Gasteiger partial charge in [0.25, 0.3) is 5.91 Å². The first-order valence-corrected chi connectivity index (χ1v) is 7.50. The highest BCUT2D eigenvalue weighted by molar-refractivity contribution is 6.42. The minimum absolute atomic E-state index is 0.120. The first-order chi connectivity index (χ1) is 9.58. The smallest absolute Gasteiger partial charge is 0.292 e. The molecule has 0 unspecified atom stereocenters. The molecule has 106 valence electrons. The molecule has 1 atom stereocenters. The van der Waals surface area contributed by atoms with Crippen molar-refractivity contribution in [3.63, 3.8) is 0 Å². The number of anilines is 1. The number of nitrogens with one attached hydrogen (secondary N) is 1. The van der Waals surface area contributed by atoms with E-state index in [1.54, 1.807) is 18.2 Å². The van der Waals surface area contributed by atoms with Crippen molar-refractivity contribution in [2.45, 2.75) is 25.3 Å².